The Bertz CT molecular complexity index is 1590. The van der Waals surface area contributed by atoms with Crippen LogP contribution in [0, 0.1) is 0 Å². The van der Waals surface area contributed by atoms with Gasteiger partial charge in [-0.15, -0.1) is 5.10 Å². The first kappa shape index (κ1) is 24.5. The summed E-state index contributed by atoms with van der Waals surface area (Å²) in [7, 11) is 3.27. The molecule has 38 heavy (non-hydrogen) atoms. The van der Waals surface area contributed by atoms with Crippen LogP contribution in [0.2, 0.25) is 0 Å². The number of para-hydroxylation sites is 1. The Morgan fingerprint density at radius 3 is 2.71 bits per heavy atom. The highest BCUT2D eigenvalue weighted by Crippen LogP contribution is 2.32. The SMILES string of the molecule is COCCn1nnnc1[C@H](c1cc2cc(OC)ccc2[nH]c1=O)N1CCN(c2nc3ccccc3s2)CC1. The topological polar surface area (TPSA) is 114 Å². The molecular weight excluding hydrogens is 504 g/mol. The molecule has 0 radical (unpaired) electrons. The minimum atomic E-state index is -0.432. The maximum atomic E-state index is 13.4. The van der Waals surface area contributed by atoms with E-state index in [2.05, 4.69) is 36.4 Å². The van der Waals surface area contributed by atoms with E-state index in [0.29, 0.717) is 37.6 Å². The van der Waals surface area contributed by atoms with Crippen molar-refractivity contribution in [2.45, 2.75) is 12.6 Å². The second-order valence-electron chi connectivity index (χ2n) is 9.15. The van der Waals surface area contributed by atoms with E-state index in [9.17, 15) is 4.79 Å². The molecule has 1 fully saturated rings. The molecule has 1 saturated heterocycles. The summed E-state index contributed by atoms with van der Waals surface area (Å²) in [6.07, 6.45) is 0. The number of rotatable bonds is 8. The lowest BCUT2D eigenvalue weighted by atomic mass is 10.0. The van der Waals surface area contributed by atoms with Gasteiger partial charge in [0.15, 0.2) is 11.0 Å². The Labute approximate surface area is 222 Å². The number of H-pyrrole nitrogens is 1. The number of tetrazole rings is 1. The molecule has 2 aromatic carbocycles. The predicted molar refractivity (Wildman–Crippen MR) is 146 cm³/mol. The Morgan fingerprint density at radius 2 is 1.92 bits per heavy atom. The van der Waals surface area contributed by atoms with Crippen LogP contribution in [0.1, 0.15) is 17.4 Å². The molecule has 0 aliphatic carbocycles. The van der Waals surface area contributed by atoms with E-state index >= 15 is 0 Å². The van der Waals surface area contributed by atoms with Crippen LogP contribution in [0.25, 0.3) is 21.1 Å². The van der Waals surface area contributed by atoms with Gasteiger partial charge in [0, 0.05) is 49.8 Å². The smallest absolute Gasteiger partial charge is 0.253 e. The number of ether oxygens (including phenoxy) is 2. The first-order valence-electron chi connectivity index (χ1n) is 12.4. The van der Waals surface area contributed by atoms with Gasteiger partial charge in [0.25, 0.3) is 5.56 Å². The quantitative estimate of drug-likeness (QED) is 0.322. The third-order valence-electron chi connectivity index (χ3n) is 6.92. The maximum absolute atomic E-state index is 13.4. The lowest BCUT2D eigenvalue weighted by molar-refractivity contribution is 0.171. The lowest BCUT2D eigenvalue weighted by Crippen LogP contribution is -2.49. The average Bonchev–Trinajstić information content (AvgIpc) is 3.60. The maximum Gasteiger partial charge on any atom is 0.253 e. The molecule has 11 nitrogen and oxygen atoms in total. The molecule has 1 N–H and O–H groups in total. The summed E-state index contributed by atoms with van der Waals surface area (Å²) in [4.78, 5) is 25.9. The summed E-state index contributed by atoms with van der Waals surface area (Å²) in [5.41, 5.74) is 2.19. The highest BCUT2D eigenvalue weighted by Gasteiger charge is 2.33. The summed E-state index contributed by atoms with van der Waals surface area (Å²) in [5, 5.41) is 14.4. The van der Waals surface area contributed by atoms with Crippen LogP contribution in [-0.4, -0.2) is 82.1 Å². The molecule has 0 spiro atoms. The molecule has 0 bridgehead atoms. The predicted octanol–water partition coefficient (Wildman–Crippen LogP) is 2.69. The molecule has 0 unspecified atom stereocenters. The van der Waals surface area contributed by atoms with Gasteiger partial charge in [0.2, 0.25) is 0 Å². The van der Waals surface area contributed by atoms with Crippen LogP contribution in [0.4, 0.5) is 5.13 Å². The number of anilines is 1. The van der Waals surface area contributed by atoms with Crippen molar-refractivity contribution in [1.29, 1.82) is 0 Å². The van der Waals surface area contributed by atoms with Gasteiger partial charge in [0.05, 0.1) is 30.5 Å². The van der Waals surface area contributed by atoms with Crippen molar-refractivity contribution in [1.82, 2.24) is 35.1 Å². The van der Waals surface area contributed by atoms with Crippen molar-refractivity contribution in [3.63, 3.8) is 0 Å². The summed E-state index contributed by atoms with van der Waals surface area (Å²) < 4.78 is 13.6. The Hall–Kier alpha value is -3.87. The molecule has 1 aliphatic heterocycles. The van der Waals surface area contributed by atoms with E-state index in [1.807, 2.05) is 42.5 Å². The Balaban J connectivity index is 1.35. The minimum absolute atomic E-state index is 0.164. The van der Waals surface area contributed by atoms with Crippen molar-refractivity contribution in [3.05, 3.63) is 70.3 Å². The third kappa shape index (κ3) is 4.62. The molecule has 3 aromatic heterocycles. The van der Waals surface area contributed by atoms with Crippen molar-refractivity contribution in [2.24, 2.45) is 0 Å². The summed E-state index contributed by atoms with van der Waals surface area (Å²) in [5.74, 6) is 1.34. The molecular formula is C26H28N8O3S. The van der Waals surface area contributed by atoms with Gasteiger partial charge >= 0.3 is 0 Å². The fourth-order valence-corrected chi connectivity index (χ4v) is 5.96. The molecule has 0 saturated carbocycles. The Kier molecular flexibility index (Phi) is 6.75. The fraction of sp³-hybridized carbons (Fsp3) is 0.346. The molecule has 12 heteroatoms. The number of hydrogen-bond donors (Lipinski definition) is 1. The van der Waals surface area contributed by atoms with E-state index in [1.165, 1.54) is 4.70 Å². The molecule has 196 valence electrons. The average molecular weight is 533 g/mol. The van der Waals surface area contributed by atoms with Gasteiger partial charge in [-0.25, -0.2) is 9.67 Å². The van der Waals surface area contributed by atoms with Crippen LogP contribution < -0.4 is 15.2 Å². The molecule has 1 atom stereocenters. The largest absolute Gasteiger partial charge is 0.497 e. The molecule has 5 aromatic rings. The van der Waals surface area contributed by atoms with E-state index < -0.39 is 6.04 Å². The van der Waals surface area contributed by atoms with Gasteiger partial charge in [0.1, 0.15) is 11.8 Å². The normalized spacial score (nSPS) is 15.4. The number of aromatic amines is 1. The number of hydrogen-bond acceptors (Lipinski definition) is 10. The zero-order valence-electron chi connectivity index (χ0n) is 21.2. The summed E-state index contributed by atoms with van der Waals surface area (Å²) >= 11 is 1.71. The van der Waals surface area contributed by atoms with Gasteiger partial charge < -0.3 is 19.4 Å². The fourth-order valence-electron chi connectivity index (χ4n) is 4.94. The summed E-state index contributed by atoms with van der Waals surface area (Å²) in [6.45, 7) is 3.92. The van der Waals surface area contributed by atoms with Crippen molar-refractivity contribution >= 4 is 37.6 Å². The van der Waals surface area contributed by atoms with Gasteiger partial charge in [-0.05, 0) is 46.8 Å². The van der Waals surface area contributed by atoms with E-state index in [0.717, 1.165) is 40.4 Å². The number of nitrogens with zero attached hydrogens (tertiary/aromatic N) is 7. The molecule has 6 rings (SSSR count). The van der Waals surface area contributed by atoms with Crippen LogP contribution in [-0.2, 0) is 11.3 Å². The highest BCUT2D eigenvalue weighted by atomic mass is 32.1. The minimum Gasteiger partial charge on any atom is -0.497 e. The van der Waals surface area contributed by atoms with Gasteiger partial charge in [-0.3, -0.25) is 9.69 Å². The summed E-state index contributed by atoms with van der Waals surface area (Å²) in [6, 6.07) is 15.3. The number of nitrogens with one attached hydrogen (secondary N) is 1. The van der Waals surface area contributed by atoms with Crippen molar-refractivity contribution < 1.29 is 9.47 Å². The second kappa shape index (κ2) is 10.5. The van der Waals surface area contributed by atoms with E-state index in [1.54, 1.807) is 30.2 Å². The highest BCUT2D eigenvalue weighted by molar-refractivity contribution is 7.22. The number of aromatic nitrogens is 6. The first-order valence-corrected chi connectivity index (χ1v) is 13.3. The van der Waals surface area contributed by atoms with E-state index in [-0.39, 0.29) is 5.56 Å². The number of piperazine rings is 1. The van der Waals surface area contributed by atoms with Crippen LogP contribution >= 0.6 is 11.3 Å². The molecule has 4 heterocycles. The first-order chi connectivity index (χ1) is 18.6. The van der Waals surface area contributed by atoms with Crippen molar-refractivity contribution in [2.75, 3.05) is 51.9 Å². The number of pyridine rings is 1. The number of methoxy groups -OCH3 is 2. The van der Waals surface area contributed by atoms with Gasteiger partial charge in [-0.1, -0.05) is 23.5 Å². The number of thiazole rings is 1. The lowest BCUT2D eigenvalue weighted by Gasteiger charge is -2.38. The molecule has 1 aliphatic rings. The van der Waals surface area contributed by atoms with E-state index in [4.69, 9.17) is 14.5 Å². The van der Waals surface area contributed by atoms with Gasteiger partial charge in [-0.2, -0.15) is 0 Å². The third-order valence-corrected chi connectivity index (χ3v) is 8.02. The zero-order valence-corrected chi connectivity index (χ0v) is 22.0. The standard InChI is InChI=1S/C26H28N8O3S/c1-36-14-13-34-24(29-30-31-34)23(19-16-17-15-18(37-2)7-8-20(17)27-25(19)35)32-9-11-33(12-10-32)26-28-21-5-3-4-6-22(21)38-26/h3-8,15-16,23H,9-14H2,1-2H3,(H,27,35)/t23-/m0/s1. The monoisotopic (exact) mass is 532 g/mol. The molecule has 0 amide bonds. The van der Waals surface area contributed by atoms with Crippen LogP contribution in [0.3, 0.4) is 0 Å². The van der Waals surface area contributed by atoms with Crippen LogP contribution in [0.15, 0.2) is 53.3 Å². The van der Waals surface area contributed by atoms with Crippen molar-refractivity contribution in [3.8, 4) is 5.75 Å². The van der Waals surface area contributed by atoms with Crippen LogP contribution in [0.5, 0.6) is 5.75 Å². The second-order valence-corrected chi connectivity index (χ2v) is 10.2. The number of benzene rings is 2. The number of fused-ring (bicyclic) bond motifs is 2. The Morgan fingerprint density at radius 1 is 1.08 bits per heavy atom. The zero-order chi connectivity index (χ0) is 26.1.